The first-order chi connectivity index (χ1) is 13.0. The summed E-state index contributed by atoms with van der Waals surface area (Å²) in [5, 5.41) is 16.4. The Morgan fingerprint density at radius 2 is 2.07 bits per heavy atom. The van der Waals surface area contributed by atoms with E-state index >= 15 is 0 Å². The zero-order valence-corrected chi connectivity index (χ0v) is 15.1. The van der Waals surface area contributed by atoms with Gasteiger partial charge in [0.15, 0.2) is 16.3 Å². The number of aromatic nitrogens is 2. The fourth-order valence-electron chi connectivity index (χ4n) is 2.04. The summed E-state index contributed by atoms with van der Waals surface area (Å²) in [7, 11) is 1.49. The molecule has 0 amide bonds. The molecule has 2 rings (SSSR count). The minimum absolute atomic E-state index is 0.0843. The smallest absolute Gasteiger partial charge is 0.270 e. The molecular formula is C16H17N7O3S. The van der Waals surface area contributed by atoms with Crippen molar-refractivity contribution in [1.29, 1.82) is 21.7 Å². The number of rotatable bonds is 6. The van der Waals surface area contributed by atoms with Crippen molar-refractivity contribution in [3.8, 4) is 17.6 Å². The van der Waals surface area contributed by atoms with E-state index in [0.717, 1.165) is 0 Å². The molecule has 0 saturated carbocycles. The van der Waals surface area contributed by atoms with Gasteiger partial charge in [-0.1, -0.05) is 12.1 Å². The number of ether oxygens (including phenoxy) is 2. The van der Waals surface area contributed by atoms with Crippen molar-refractivity contribution in [2.45, 2.75) is 0 Å². The first-order valence-electron chi connectivity index (χ1n) is 7.28. The van der Waals surface area contributed by atoms with Crippen LogP contribution in [0.15, 0.2) is 23.0 Å². The topological polar surface area (TPSA) is 188 Å². The number of hydrogen-bond acceptors (Lipinski definition) is 8. The highest BCUT2D eigenvalue weighted by Gasteiger charge is 2.10. The van der Waals surface area contributed by atoms with Crippen LogP contribution in [0.1, 0.15) is 16.8 Å². The lowest BCUT2D eigenvalue weighted by Crippen LogP contribution is -2.19. The van der Waals surface area contributed by atoms with Gasteiger partial charge in [0.05, 0.1) is 12.8 Å². The summed E-state index contributed by atoms with van der Waals surface area (Å²) in [5.74, 6) is 0.715. The van der Waals surface area contributed by atoms with Crippen LogP contribution in [0.25, 0.3) is 12.2 Å². The third kappa shape index (κ3) is 5.62. The van der Waals surface area contributed by atoms with Crippen molar-refractivity contribution < 1.29 is 9.47 Å². The number of para-hydroxylation sites is 1. The molecule has 1 heterocycles. The molecule has 0 unspecified atom stereocenters. The van der Waals surface area contributed by atoms with Crippen LogP contribution in [0.4, 0.5) is 0 Å². The van der Waals surface area contributed by atoms with Crippen LogP contribution in [0.2, 0.25) is 0 Å². The van der Waals surface area contributed by atoms with E-state index in [4.69, 9.17) is 49.2 Å². The number of aromatic amines is 2. The Balaban J connectivity index is 0.00000176. The van der Waals surface area contributed by atoms with Gasteiger partial charge < -0.3 is 20.2 Å². The summed E-state index contributed by atoms with van der Waals surface area (Å²) in [6.45, 7) is -0.0991. The number of nitriles is 1. The molecule has 0 bridgehead atoms. The molecule has 10 nitrogen and oxygen atoms in total. The molecule has 0 aliphatic heterocycles. The monoisotopic (exact) mass is 387 g/mol. The highest BCUT2D eigenvalue weighted by atomic mass is 32.1. The molecule has 0 aliphatic rings. The van der Waals surface area contributed by atoms with E-state index in [-0.39, 0.29) is 28.5 Å². The van der Waals surface area contributed by atoms with E-state index in [1.54, 1.807) is 30.4 Å². The zero-order valence-electron chi connectivity index (χ0n) is 14.3. The Kier molecular flexibility index (Phi) is 8.08. The Labute approximate surface area is 159 Å². The number of nitrogens with two attached hydrogens (primary N) is 1. The van der Waals surface area contributed by atoms with Gasteiger partial charge in [0.2, 0.25) is 0 Å². The normalized spacial score (nSPS) is 9.78. The molecule has 1 aromatic carbocycles. The maximum absolute atomic E-state index is 11.8. The predicted octanol–water partition coefficient (Wildman–Crippen LogP) is 2.39. The lowest BCUT2D eigenvalue weighted by molar-refractivity contribution is 0.333. The van der Waals surface area contributed by atoms with Gasteiger partial charge in [-0.05, 0) is 30.4 Å². The molecule has 11 heteroatoms. The van der Waals surface area contributed by atoms with E-state index in [2.05, 4.69) is 9.97 Å². The van der Waals surface area contributed by atoms with E-state index < -0.39 is 5.56 Å². The van der Waals surface area contributed by atoms with Crippen LogP contribution in [-0.4, -0.2) is 29.5 Å². The first kappa shape index (κ1) is 21.3. The Bertz CT molecular complexity index is 1000. The summed E-state index contributed by atoms with van der Waals surface area (Å²) in [6, 6.07) is 7.04. The summed E-state index contributed by atoms with van der Waals surface area (Å²) < 4.78 is 10.9. The van der Waals surface area contributed by atoms with Crippen LogP contribution >= 0.6 is 12.2 Å². The van der Waals surface area contributed by atoms with Crippen LogP contribution < -0.4 is 20.8 Å². The second-order valence-corrected chi connectivity index (χ2v) is 5.24. The Hall–Kier alpha value is -3.78. The molecule has 1 aromatic heterocycles. The summed E-state index contributed by atoms with van der Waals surface area (Å²) >= 11 is 4.92. The molecule has 0 fully saturated rings. The molecule has 2 aromatic rings. The van der Waals surface area contributed by atoms with Gasteiger partial charge in [0.1, 0.15) is 24.1 Å². The fourth-order valence-corrected chi connectivity index (χ4v) is 2.24. The molecule has 0 aliphatic carbocycles. The Morgan fingerprint density at radius 3 is 2.67 bits per heavy atom. The third-order valence-electron chi connectivity index (χ3n) is 3.11. The van der Waals surface area contributed by atoms with Gasteiger partial charge >= 0.3 is 0 Å². The van der Waals surface area contributed by atoms with Crippen LogP contribution in [-0.2, 0) is 0 Å². The van der Waals surface area contributed by atoms with Crippen molar-refractivity contribution in [3.05, 3.63) is 50.1 Å². The van der Waals surface area contributed by atoms with Gasteiger partial charge in [0, 0.05) is 5.56 Å². The predicted molar refractivity (Wildman–Crippen MR) is 102 cm³/mol. The van der Waals surface area contributed by atoms with Gasteiger partial charge in [-0.25, -0.2) is 11.1 Å². The van der Waals surface area contributed by atoms with E-state index in [9.17, 15) is 4.79 Å². The fraction of sp³-hybridized carbons (Fsp3) is 0.125. The number of nitrogens with zero attached hydrogens (tertiary/aromatic N) is 1. The second kappa shape index (κ2) is 10.3. The van der Waals surface area contributed by atoms with Crippen molar-refractivity contribution in [2.75, 3.05) is 13.7 Å². The number of nitrogens with one attached hydrogen (secondary N) is 5. The Morgan fingerprint density at radius 1 is 1.37 bits per heavy atom. The quantitative estimate of drug-likeness (QED) is 0.191. The summed E-state index contributed by atoms with van der Waals surface area (Å²) in [5.41, 5.74) is 15.6. The number of methoxy groups -OCH3 is 1. The maximum atomic E-state index is 11.8. The molecule has 0 saturated heterocycles. The lowest BCUT2D eigenvalue weighted by Gasteiger charge is -2.12. The van der Waals surface area contributed by atoms with Gasteiger partial charge in [-0.15, -0.1) is 0 Å². The highest BCUT2D eigenvalue weighted by Crippen LogP contribution is 2.32. The summed E-state index contributed by atoms with van der Waals surface area (Å²) in [6.07, 6.45) is 3.18. The molecule has 0 atom stereocenters. The van der Waals surface area contributed by atoms with Crippen LogP contribution in [0.3, 0.4) is 0 Å². The standard InChI is InChI=1S/C16H15N5O3S.H2N2/c1-23-12-4-2-3-9(14(12)24-8-13(18)19)5-6-11-10(7-17)15(22)21-16(25)20-11;1-2/h2-6H,8H2,1H3,(H3,18,19)(H2,20,21,22,25);1-2H/b6-5+;. The average Bonchev–Trinajstić information content (AvgIpc) is 2.65. The zero-order chi connectivity index (χ0) is 20.4. The van der Waals surface area contributed by atoms with Gasteiger partial charge in [0.25, 0.3) is 5.56 Å². The van der Waals surface area contributed by atoms with Crippen LogP contribution in [0, 0.1) is 32.6 Å². The molecule has 0 radical (unpaired) electrons. The minimum Gasteiger partial charge on any atom is -0.493 e. The molecular weight excluding hydrogens is 370 g/mol. The maximum Gasteiger partial charge on any atom is 0.270 e. The highest BCUT2D eigenvalue weighted by molar-refractivity contribution is 7.71. The SMILES string of the molecule is COc1cccc(/C=C/c2[nH]c(=S)[nH]c(=O)c2C#N)c1OCC(=N)N.N=N. The first-order valence-corrected chi connectivity index (χ1v) is 7.69. The van der Waals surface area contributed by atoms with Crippen molar-refractivity contribution in [2.24, 2.45) is 5.73 Å². The largest absolute Gasteiger partial charge is 0.493 e. The average molecular weight is 387 g/mol. The summed E-state index contributed by atoms with van der Waals surface area (Å²) in [4.78, 5) is 16.9. The molecule has 0 spiro atoms. The molecule has 27 heavy (non-hydrogen) atoms. The number of hydrogen-bond donors (Lipinski definition) is 6. The number of H-pyrrole nitrogens is 2. The van der Waals surface area contributed by atoms with Crippen molar-refractivity contribution >= 4 is 30.2 Å². The third-order valence-corrected chi connectivity index (χ3v) is 3.32. The molecule has 7 N–H and O–H groups in total. The van der Waals surface area contributed by atoms with Crippen LogP contribution in [0.5, 0.6) is 11.5 Å². The van der Waals surface area contributed by atoms with E-state index in [0.29, 0.717) is 17.1 Å². The molecule has 140 valence electrons. The van der Waals surface area contributed by atoms with Gasteiger partial charge in [-0.2, -0.15) is 5.26 Å². The van der Waals surface area contributed by atoms with Crippen molar-refractivity contribution in [3.63, 3.8) is 0 Å². The van der Waals surface area contributed by atoms with E-state index in [1.165, 1.54) is 7.11 Å². The lowest BCUT2D eigenvalue weighted by atomic mass is 10.1. The van der Waals surface area contributed by atoms with E-state index in [1.807, 2.05) is 6.07 Å². The number of amidine groups is 1. The number of benzene rings is 1. The van der Waals surface area contributed by atoms with Gasteiger partial charge in [-0.3, -0.25) is 15.2 Å². The second-order valence-electron chi connectivity index (χ2n) is 4.83. The van der Waals surface area contributed by atoms with Crippen molar-refractivity contribution in [1.82, 2.24) is 9.97 Å². The minimum atomic E-state index is -0.565.